The lowest BCUT2D eigenvalue weighted by Crippen LogP contribution is -2.39. The van der Waals surface area contributed by atoms with Gasteiger partial charge in [-0.05, 0) is 66.1 Å². The largest absolute Gasteiger partial charge is 0.507 e. The molecule has 1 atom stereocenters. The SMILES string of the molecule is CCOC(=O)C1=C(C)N=c2s/c(=C\c3cc(C(C)(C)C)c(O)c(C(C)(C)C)c3)c(=O)n2[C@@H]1c1ccc(Cl)cc1. The van der Waals surface area contributed by atoms with E-state index in [1.807, 2.05) is 30.3 Å². The molecule has 1 aromatic heterocycles. The summed E-state index contributed by atoms with van der Waals surface area (Å²) in [5.41, 5.74) is 3.16. The highest BCUT2D eigenvalue weighted by atomic mass is 35.5. The van der Waals surface area contributed by atoms with Gasteiger partial charge in [0.15, 0.2) is 4.80 Å². The number of hydrogen-bond donors (Lipinski definition) is 1. The number of aromatic nitrogens is 1. The molecule has 2 aromatic carbocycles. The third kappa shape index (κ3) is 5.61. The molecule has 4 rings (SSSR count). The summed E-state index contributed by atoms with van der Waals surface area (Å²) in [7, 11) is 0. The van der Waals surface area contributed by atoms with E-state index in [4.69, 9.17) is 16.3 Å². The van der Waals surface area contributed by atoms with Gasteiger partial charge in [0, 0.05) is 16.1 Å². The maximum Gasteiger partial charge on any atom is 0.338 e. The van der Waals surface area contributed by atoms with Gasteiger partial charge in [-0.25, -0.2) is 9.79 Å². The van der Waals surface area contributed by atoms with E-state index in [9.17, 15) is 14.7 Å². The number of thiazole rings is 1. The number of phenolic OH excluding ortho intramolecular Hbond substituents is 1. The van der Waals surface area contributed by atoms with Crippen LogP contribution in [0, 0.1) is 0 Å². The van der Waals surface area contributed by atoms with Gasteiger partial charge >= 0.3 is 5.97 Å². The fourth-order valence-corrected chi connectivity index (χ4v) is 5.96. The number of rotatable bonds is 4. The van der Waals surface area contributed by atoms with Crippen molar-refractivity contribution in [2.45, 2.75) is 72.3 Å². The number of halogens is 1. The molecule has 0 saturated carbocycles. The van der Waals surface area contributed by atoms with Crippen molar-refractivity contribution in [3.05, 3.63) is 94.6 Å². The van der Waals surface area contributed by atoms with Crippen molar-refractivity contribution >= 4 is 35.0 Å². The van der Waals surface area contributed by atoms with E-state index in [2.05, 4.69) is 46.5 Å². The number of nitrogens with zero attached hydrogens (tertiary/aromatic N) is 2. The molecule has 39 heavy (non-hydrogen) atoms. The van der Waals surface area contributed by atoms with Crippen LogP contribution in [0.25, 0.3) is 6.08 Å². The lowest BCUT2D eigenvalue weighted by Gasteiger charge is -2.27. The summed E-state index contributed by atoms with van der Waals surface area (Å²) in [6.07, 6.45) is 1.84. The molecule has 0 spiro atoms. The van der Waals surface area contributed by atoms with Crippen LogP contribution < -0.4 is 14.9 Å². The Labute approximate surface area is 237 Å². The monoisotopic (exact) mass is 566 g/mol. The summed E-state index contributed by atoms with van der Waals surface area (Å²) < 4.78 is 7.41. The highest BCUT2D eigenvalue weighted by Gasteiger charge is 2.33. The predicted molar refractivity (Wildman–Crippen MR) is 157 cm³/mol. The Bertz CT molecular complexity index is 1610. The van der Waals surface area contributed by atoms with E-state index in [0.29, 0.717) is 25.6 Å². The molecule has 0 unspecified atom stereocenters. The number of hydrogen-bond acceptors (Lipinski definition) is 6. The Kier molecular flexibility index (Phi) is 7.71. The molecule has 0 bridgehead atoms. The Morgan fingerprint density at radius 1 is 1.10 bits per heavy atom. The van der Waals surface area contributed by atoms with Gasteiger partial charge in [-0.3, -0.25) is 9.36 Å². The van der Waals surface area contributed by atoms with Crippen molar-refractivity contribution in [1.29, 1.82) is 0 Å². The first-order valence-corrected chi connectivity index (χ1v) is 14.2. The Morgan fingerprint density at radius 2 is 1.67 bits per heavy atom. The van der Waals surface area contributed by atoms with E-state index in [1.165, 1.54) is 11.3 Å². The zero-order valence-electron chi connectivity index (χ0n) is 23.7. The second-order valence-electron chi connectivity index (χ2n) is 11.8. The molecule has 2 heterocycles. The lowest BCUT2D eigenvalue weighted by atomic mass is 9.78. The van der Waals surface area contributed by atoms with Gasteiger partial charge in [0.1, 0.15) is 5.75 Å². The number of carbonyl (C=O) groups excluding carboxylic acids is 1. The van der Waals surface area contributed by atoms with Crippen molar-refractivity contribution in [1.82, 2.24) is 4.57 Å². The molecule has 0 saturated heterocycles. The maximum atomic E-state index is 14.0. The minimum absolute atomic E-state index is 0.209. The van der Waals surface area contributed by atoms with Crippen molar-refractivity contribution < 1.29 is 14.6 Å². The topological polar surface area (TPSA) is 80.9 Å². The zero-order valence-corrected chi connectivity index (χ0v) is 25.3. The Morgan fingerprint density at radius 3 is 2.18 bits per heavy atom. The van der Waals surface area contributed by atoms with Crippen LogP contribution in [0.3, 0.4) is 0 Å². The van der Waals surface area contributed by atoms with Gasteiger partial charge < -0.3 is 9.84 Å². The highest BCUT2D eigenvalue weighted by Crippen LogP contribution is 2.40. The van der Waals surface area contributed by atoms with Crippen molar-refractivity contribution in [3.8, 4) is 5.75 Å². The summed E-state index contributed by atoms with van der Waals surface area (Å²) in [6.45, 7) is 16.0. The number of phenols is 1. The molecule has 0 aliphatic carbocycles. The summed E-state index contributed by atoms with van der Waals surface area (Å²) in [6, 6.07) is 10.3. The van der Waals surface area contributed by atoms with E-state index in [1.54, 1.807) is 30.5 Å². The number of ether oxygens (including phenoxy) is 1. The average Bonchev–Trinajstić information content (AvgIpc) is 3.12. The number of benzene rings is 2. The predicted octanol–water partition coefficient (Wildman–Crippen LogP) is 5.75. The van der Waals surface area contributed by atoms with Gasteiger partial charge in [-0.15, -0.1) is 0 Å². The summed E-state index contributed by atoms with van der Waals surface area (Å²) >= 11 is 7.42. The van der Waals surface area contributed by atoms with Crippen LogP contribution >= 0.6 is 22.9 Å². The van der Waals surface area contributed by atoms with Crippen molar-refractivity contribution in [2.75, 3.05) is 6.61 Å². The first-order valence-electron chi connectivity index (χ1n) is 13.0. The normalized spacial score (nSPS) is 16.2. The van der Waals surface area contributed by atoms with Crippen LogP contribution in [0.2, 0.25) is 5.02 Å². The molecule has 1 aliphatic rings. The summed E-state index contributed by atoms with van der Waals surface area (Å²) in [5.74, 6) is -0.220. The molecule has 8 heteroatoms. The fourth-order valence-electron chi connectivity index (χ4n) is 4.79. The van der Waals surface area contributed by atoms with E-state index < -0.39 is 12.0 Å². The van der Waals surface area contributed by atoms with Crippen LogP contribution in [0.1, 0.15) is 83.7 Å². The minimum atomic E-state index is -0.699. The number of aromatic hydroxyl groups is 1. The lowest BCUT2D eigenvalue weighted by molar-refractivity contribution is -0.139. The van der Waals surface area contributed by atoms with Crippen LogP contribution in [0.5, 0.6) is 5.75 Å². The molecule has 0 amide bonds. The van der Waals surface area contributed by atoms with E-state index >= 15 is 0 Å². The average molecular weight is 567 g/mol. The Hall–Kier alpha value is -3.16. The summed E-state index contributed by atoms with van der Waals surface area (Å²) in [4.78, 5) is 32.2. The van der Waals surface area contributed by atoms with Gasteiger partial charge in [-0.2, -0.15) is 0 Å². The molecule has 206 valence electrons. The van der Waals surface area contributed by atoms with Gasteiger partial charge in [0.2, 0.25) is 0 Å². The maximum absolute atomic E-state index is 14.0. The quantitative estimate of drug-likeness (QED) is 0.408. The van der Waals surface area contributed by atoms with Gasteiger partial charge in [0.25, 0.3) is 5.56 Å². The zero-order chi connectivity index (χ0) is 28.9. The van der Waals surface area contributed by atoms with Crippen molar-refractivity contribution in [2.24, 2.45) is 4.99 Å². The number of fused-ring (bicyclic) bond motifs is 1. The summed E-state index contributed by atoms with van der Waals surface area (Å²) in [5, 5.41) is 11.7. The molecular weight excluding hydrogens is 532 g/mol. The van der Waals surface area contributed by atoms with Crippen LogP contribution in [0.15, 0.2) is 57.5 Å². The highest BCUT2D eigenvalue weighted by molar-refractivity contribution is 7.07. The third-order valence-electron chi connectivity index (χ3n) is 6.75. The molecule has 1 N–H and O–H groups in total. The van der Waals surface area contributed by atoms with Crippen LogP contribution in [-0.2, 0) is 20.4 Å². The second-order valence-corrected chi connectivity index (χ2v) is 13.3. The third-order valence-corrected chi connectivity index (χ3v) is 7.98. The van der Waals surface area contributed by atoms with E-state index in [0.717, 1.165) is 22.3 Å². The molecule has 0 radical (unpaired) electrons. The molecule has 0 fully saturated rings. The number of allylic oxidation sites excluding steroid dienone is 1. The second kappa shape index (κ2) is 10.4. The van der Waals surface area contributed by atoms with Gasteiger partial charge in [-0.1, -0.05) is 76.6 Å². The fraction of sp³-hybridized carbons (Fsp3) is 0.387. The number of esters is 1. The molecule has 1 aliphatic heterocycles. The standard InChI is InChI=1S/C31H35ClN2O4S/c1-9-38-28(37)24-17(2)33-29-34(25(24)19-10-12-20(32)13-11-19)27(36)23(39-29)16-18-14-21(30(3,4)5)26(35)22(15-18)31(6,7)8/h10-16,25,35H,9H2,1-8H3/b23-16-/t25-/m1/s1. The van der Waals surface area contributed by atoms with Crippen molar-refractivity contribution in [3.63, 3.8) is 0 Å². The van der Waals surface area contributed by atoms with Crippen LogP contribution in [-0.4, -0.2) is 22.2 Å². The first-order chi connectivity index (χ1) is 18.1. The van der Waals surface area contributed by atoms with E-state index in [-0.39, 0.29) is 28.7 Å². The number of carbonyl (C=O) groups is 1. The molecule has 3 aromatic rings. The molecule has 6 nitrogen and oxygen atoms in total. The first kappa shape index (κ1) is 28.8. The molecular formula is C31H35ClN2O4S. The minimum Gasteiger partial charge on any atom is -0.507 e. The van der Waals surface area contributed by atoms with Crippen LogP contribution in [0.4, 0.5) is 0 Å². The van der Waals surface area contributed by atoms with Gasteiger partial charge in [0.05, 0.1) is 28.5 Å². The smallest absolute Gasteiger partial charge is 0.338 e. The Balaban J connectivity index is 1.99.